The Morgan fingerprint density at radius 2 is 1.15 bits per heavy atom. The molecule has 9 heteroatoms. The maximum Gasteiger partial charge on any atom is 0.143 e. The van der Waals surface area contributed by atoms with Crippen molar-refractivity contribution in [2.45, 2.75) is 0 Å². The highest BCUT2D eigenvalue weighted by Crippen LogP contribution is 2.40. The molecule has 0 fully saturated rings. The van der Waals surface area contributed by atoms with Crippen LogP contribution in [0.5, 0.6) is 0 Å². The van der Waals surface area contributed by atoms with Gasteiger partial charge in [-0.3, -0.25) is 0 Å². The van der Waals surface area contributed by atoms with Crippen molar-refractivity contribution in [3.8, 4) is 22.3 Å². The van der Waals surface area contributed by atoms with E-state index in [0.29, 0.717) is 21.8 Å². The minimum Gasteiger partial charge on any atom is -0.455 e. The molecular weight excluding hydrogens is 556 g/mol. The molecular formula is C32H12B7BrO. The summed E-state index contributed by atoms with van der Waals surface area (Å²) in [5.41, 5.74) is 6.13. The fourth-order valence-corrected chi connectivity index (χ4v) is 6.19. The summed E-state index contributed by atoms with van der Waals surface area (Å²) in [5, 5.41) is 4.88. The molecule has 0 aliphatic rings. The molecule has 1 aromatic heterocycles. The first-order chi connectivity index (χ1) is 19.7. The Morgan fingerprint density at radius 1 is 0.512 bits per heavy atom. The van der Waals surface area contributed by atoms with Gasteiger partial charge in [-0.05, 0) is 74.6 Å². The first-order valence-corrected chi connectivity index (χ1v) is 13.6. The van der Waals surface area contributed by atoms with Gasteiger partial charge < -0.3 is 4.42 Å². The van der Waals surface area contributed by atoms with Crippen molar-refractivity contribution < 1.29 is 4.42 Å². The predicted octanol–water partition coefficient (Wildman–Crippen LogP) is 1.55. The zero-order valence-corrected chi connectivity index (χ0v) is 23.3. The van der Waals surface area contributed by atoms with Crippen molar-refractivity contribution in [3.63, 3.8) is 0 Å². The largest absolute Gasteiger partial charge is 0.455 e. The predicted molar refractivity (Wildman–Crippen MR) is 185 cm³/mol. The van der Waals surface area contributed by atoms with Crippen LogP contribution in [0.1, 0.15) is 0 Å². The molecule has 0 aliphatic heterocycles. The van der Waals surface area contributed by atoms with E-state index in [4.69, 9.17) is 59.3 Å². The van der Waals surface area contributed by atoms with E-state index in [1.807, 2.05) is 42.5 Å². The first kappa shape index (κ1) is 26.5. The standard InChI is InChI=1S/C32H12B7BrO/c33-25-22(26(34)27(35)24-23(25)28(36)30(38)31(39)29(24)37)16-11-19(15-6-5-14-10-17(40)8-7-13(14)9-15)32-20(12-16)18-3-1-2-4-21(18)41-32/h1-12H. The molecule has 0 amide bonds. The van der Waals surface area contributed by atoms with E-state index < -0.39 is 0 Å². The molecule has 174 valence electrons. The molecule has 0 atom stereocenters. The second kappa shape index (κ2) is 9.56. The topological polar surface area (TPSA) is 13.1 Å². The molecule has 7 aromatic rings. The smallest absolute Gasteiger partial charge is 0.143 e. The number of rotatable bonds is 2. The number of fused-ring (bicyclic) bond motifs is 5. The zero-order valence-electron chi connectivity index (χ0n) is 21.8. The molecule has 6 aromatic carbocycles. The van der Waals surface area contributed by atoms with E-state index in [-0.39, 0.29) is 32.8 Å². The van der Waals surface area contributed by atoms with Crippen molar-refractivity contribution >= 4 is 153 Å². The van der Waals surface area contributed by atoms with Crippen molar-refractivity contribution in [2.75, 3.05) is 0 Å². The van der Waals surface area contributed by atoms with E-state index in [2.05, 4.69) is 46.3 Å². The van der Waals surface area contributed by atoms with Crippen LogP contribution in [-0.2, 0) is 0 Å². The van der Waals surface area contributed by atoms with Crippen LogP contribution in [0.15, 0.2) is 81.7 Å². The molecule has 0 aliphatic carbocycles. The Morgan fingerprint density at radius 3 is 1.90 bits per heavy atom. The Labute approximate surface area is 255 Å². The molecule has 0 spiro atoms. The highest BCUT2D eigenvalue weighted by Gasteiger charge is 2.21. The van der Waals surface area contributed by atoms with Gasteiger partial charge in [0, 0.05) is 20.8 Å². The van der Waals surface area contributed by atoms with Gasteiger partial charge >= 0.3 is 0 Å². The van der Waals surface area contributed by atoms with Gasteiger partial charge in [0.05, 0.1) is 0 Å². The zero-order chi connectivity index (χ0) is 28.7. The lowest BCUT2D eigenvalue weighted by Crippen LogP contribution is -2.52. The first-order valence-electron chi connectivity index (χ1n) is 12.8. The van der Waals surface area contributed by atoms with Gasteiger partial charge in [-0.25, -0.2) is 0 Å². The van der Waals surface area contributed by atoms with E-state index in [1.54, 1.807) is 0 Å². The SMILES string of the molecule is [B]c1c([B])c([B])c2c([B])c(-c3cc(-c4ccc5cc(Br)ccc5c4)c4oc5ccccc5c4c3)c([B])c([B])c2c1[B]. The second-order valence-corrected chi connectivity index (χ2v) is 11.1. The Bertz CT molecular complexity index is 2250. The summed E-state index contributed by atoms with van der Waals surface area (Å²) in [6.07, 6.45) is 0. The van der Waals surface area contributed by atoms with E-state index in [0.717, 1.165) is 53.9 Å². The van der Waals surface area contributed by atoms with Crippen LogP contribution >= 0.6 is 15.9 Å². The number of benzene rings is 6. The number of hydrogen-bond acceptors (Lipinski definition) is 1. The molecule has 0 saturated heterocycles. The maximum atomic E-state index is 6.82. The molecule has 1 heterocycles. The van der Waals surface area contributed by atoms with Gasteiger partial charge in [-0.2, -0.15) is 0 Å². The van der Waals surface area contributed by atoms with Gasteiger partial charge in [-0.15, -0.1) is 10.9 Å². The summed E-state index contributed by atoms with van der Waals surface area (Å²) < 4.78 is 7.43. The van der Waals surface area contributed by atoms with Crippen LogP contribution in [0.25, 0.3) is 65.7 Å². The monoisotopic (exact) mass is 568 g/mol. The van der Waals surface area contributed by atoms with E-state index >= 15 is 0 Å². The third-order valence-electron chi connectivity index (χ3n) is 7.91. The van der Waals surface area contributed by atoms with Crippen LogP contribution in [0.3, 0.4) is 0 Å². The van der Waals surface area contributed by atoms with Crippen LogP contribution in [0, 0.1) is 0 Å². The maximum absolute atomic E-state index is 6.82. The van der Waals surface area contributed by atoms with Crippen molar-refractivity contribution in [2.24, 2.45) is 0 Å². The van der Waals surface area contributed by atoms with E-state index in [9.17, 15) is 0 Å². The van der Waals surface area contributed by atoms with Gasteiger partial charge in [-0.1, -0.05) is 79.6 Å². The third kappa shape index (κ3) is 3.92. The Balaban J connectivity index is 1.60. The van der Waals surface area contributed by atoms with Gasteiger partial charge in [0.25, 0.3) is 0 Å². The van der Waals surface area contributed by atoms with E-state index in [1.165, 1.54) is 0 Å². The average molecular weight is 568 g/mol. The van der Waals surface area contributed by atoms with Crippen molar-refractivity contribution in [1.82, 2.24) is 0 Å². The van der Waals surface area contributed by atoms with Gasteiger partial charge in [0.1, 0.15) is 66.1 Å². The Kier molecular flexibility index (Phi) is 6.17. The minimum atomic E-state index is 0.144. The number of halogens is 1. The molecule has 0 N–H and O–H groups in total. The van der Waals surface area contributed by atoms with Crippen molar-refractivity contribution in [3.05, 3.63) is 77.3 Å². The lowest BCUT2D eigenvalue weighted by molar-refractivity contribution is 0.670. The second-order valence-electron chi connectivity index (χ2n) is 10.2. The van der Waals surface area contributed by atoms with Crippen LogP contribution < -0.4 is 38.2 Å². The molecule has 1 nitrogen and oxygen atoms in total. The molecule has 7 rings (SSSR count). The quantitative estimate of drug-likeness (QED) is 0.289. The minimum absolute atomic E-state index is 0.144. The third-order valence-corrected chi connectivity index (χ3v) is 8.40. The number of furan rings is 1. The molecule has 0 unspecified atom stereocenters. The molecule has 14 radical (unpaired) electrons. The summed E-state index contributed by atoms with van der Waals surface area (Å²) in [6, 6.07) is 24.4. The van der Waals surface area contributed by atoms with Gasteiger partial charge in [0.2, 0.25) is 0 Å². The fourth-order valence-electron chi connectivity index (χ4n) is 5.81. The summed E-state index contributed by atoms with van der Waals surface area (Å²) in [4.78, 5) is 0. The molecule has 41 heavy (non-hydrogen) atoms. The lowest BCUT2D eigenvalue weighted by Gasteiger charge is -2.25. The Hall–Kier alpha value is -3.43. The highest BCUT2D eigenvalue weighted by atomic mass is 79.9. The van der Waals surface area contributed by atoms with Crippen LogP contribution in [0.4, 0.5) is 0 Å². The molecule has 0 saturated carbocycles. The highest BCUT2D eigenvalue weighted by molar-refractivity contribution is 9.10. The summed E-state index contributed by atoms with van der Waals surface area (Å²) in [6.45, 7) is 0. The fraction of sp³-hybridized carbons (Fsp3) is 0. The van der Waals surface area contributed by atoms with Crippen LogP contribution in [-0.4, -0.2) is 54.9 Å². The molecule has 0 bridgehead atoms. The lowest BCUT2D eigenvalue weighted by atomic mass is 9.58. The summed E-state index contributed by atoms with van der Waals surface area (Å²) in [5.74, 6) is 0. The number of para-hydroxylation sites is 1. The van der Waals surface area contributed by atoms with Crippen LogP contribution in [0.2, 0.25) is 0 Å². The van der Waals surface area contributed by atoms with Crippen molar-refractivity contribution in [1.29, 1.82) is 0 Å². The van der Waals surface area contributed by atoms with Gasteiger partial charge in [0.15, 0.2) is 0 Å². The average Bonchev–Trinajstić information content (AvgIpc) is 3.35. The number of hydrogen-bond donors (Lipinski definition) is 0. The summed E-state index contributed by atoms with van der Waals surface area (Å²) >= 11 is 3.56. The normalized spacial score (nSPS) is 11.7. The summed E-state index contributed by atoms with van der Waals surface area (Å²) in [7, 11) is 45.2.